The number of rotatable bonds is 8. The Kier molecular flexibility index (Phi) is 7.96. The van der Waals surface area contributed by atoms with E-state index in [-0.39, 0.29) is 19.1 Å². The van der Waals surface area contributed by atoms with Crippen molar-refractivity contribution in [2.24, 2.45) is 0 Å². The van der Waals surface area contributed by atoms with Crippen molar-refractivity contribution in [2.45, 2.75) is 25.3 Å². The Bertz CT molecular complexity index is 1150. The number of nitrogens with zero attached hydrogens (tertiary/aromatic N) is 4. The molecule has 190 valence electrons. The van der Waals surface area contributed by atoms with Gasteiger partial charge in [0.05, 0.1) is 24.8 Å². The molecular formula is C24H23F3N4O5. The number of aromatic nitrogens is 3. The van der Waals surface area contributed by atoms with Gasteiger partial charge in [-0.15, -0.1) is 0 Å². The zero-order valence-corrected chi connectivity index (χ0v) is 19.1. The van der Waals surface area contributed by atoms with Gasteiger partial charge in [-0.3, -0.25) is 9.69 Å². The van der Waals surface area contributed by atoms with Crippen LogP contribution in [0, 0.1) is 0 Å². The Labute approximate surface area is 204 Å². The van der Waals surface area contributed by atoms with Gasteiger partial charge in [-0.1, -0.05) is 24.3 Å². The van der Waals surface area contributed by atoms with Gasteiger partial charge in [0.15, 0.2) is 0 Å². The van der Waals surface area contributed by atoms with Gasteiger partial charge in [-0.05, 0) is 35.4 Å². The summed E-state index contributed by atoms with van der Waals surface area (Å²) in [7, 11) is 0. The molecule has 3 aromatic rings. The molecule has 2 heterocycles. The van der Waals surface area contributed by atoms with E-state index < -0.39 is 18.1 Å². The van der Waals surface area contributed by atoms with E-state index in [1.54, 1.807) is 11.0 Å². The number of hydrogen-bond acceptors (Lipinski definition) is 8. The molecular weight excluding hydrogens is 481 g/mol. The SMILES string of the molecule is O=C(CCN1CCOC(c2ccc(OCc3ccc(-n4cncn4)cc3)cc2)C1)OC(=O)C(F)(F)F. The molecule has 0 N–H and O–H groups in total. The van der Waals surface area contributed by atoms with Crippen LogP contribution in [0.2, 0.25) is 0 Å². The normalized spacial score (nSPS) is 16.5. The number of alkyl halides is 3. The molecule has 9 nitrogen and oxygen atoms in total. The molecule has 0 aliphatic carbocycles. The van der Waals surface area contributed by atoms with E-state index in [1.165, 1.54) is 6.33 Å². The van der Waals surface area contributed by atoms with Crippen LogP contribution in [0.3, 0.4) is 0 Å². The number of benzene rings is 2. The van der Waals surface area contributed by atoms with Crippen LogP contribution in [0.5, 0.6) is 5.75 Å². The van der Waals surface area contributed by atoms with E-state index in [2.05, 4.69) is 14.8 Å². The Morgan fingerprint density at radius 2 is 1.83 bits per heavy atom. The molecule has 1 aliphatic rings. The lowest BCUT2D eigenvalue weighted by molar-refractivity contribution is -0.202. The van der Waals surface area contributed by atoms with Gasteiger partial charge in [-0.2, -0.15) is 18.3 Å². The van der Waals surface area contributed by atoms with Crippen LogP contribution in [-0.2, 0) is 25.7 Å². The maximum Gasteiger partial charge on any atom is 0.491 e. The predicted octanol–water partition coefficient (Wildman–Crippen LogP) is 3.24. The second-order valence-corrected chi connectivity index (χ2v) is 8.03. The summed E-state index contributed by atoms with van der Waals surface area (Å²) in [5.74, 6) is -3.03. The van der Waals surface area contributed by atoms with Gasteiger partial charge in [0.25, 0.3) is 0 Å². The minimum absolute atomic E-state index is 0.153. The van der Waals surface area contributed by atoms with E-state index in [1.807, 2.05) is 53.4 Å². The van der Waals surface area contributed by atoms with E-state index in [4.69, 9.17) is 9.47 Å². The van der Waals surface area contributed by atoms with E-state index >= 15 is 0 Å². The van der Waals surface area contributed by atoms with Gasteiger partial charge in [0, 0.05) is 19.6 Å². The number of hydrogen-bond donors (Lipinski definition) is 0. The van der Waals surface area contributed by atoms with Crippen molar-refractivity contribution < 1.29 is 37.0 Å². The predicted molar refractivity (Wildman–Crippen MR) is 119 cm³/mol. The summed E-state index contributed by atoms with van der Waals surface area (Å²) in [6.07, 6.45) is -2.71. The molecule has 1 aromatic heterocycles. The highest BCUT2D eigenvalue weighted by molar-refractivity contribution is 5.88. The Hall–Kier alpha value is -3.77. The lowest BCUT2D eigenvalue weighted by atomic mass is 10.1. The molecule has 1 atom stereocenters. The second kappa shape index (κ2) is 11.3. The number of ether oxygens (including phenoxy) is 3. The van der Waals surface area contributed by atoms with Gasteiger partial charge in [0.1, 0.15) is 25.0 Å². The van der Waals surface area contributed by atoms with Crippen molar-refractivity contribution in [1.82, 2.24) is 19.7 Å². The summed E-state index contributed by atoms with van der Waals surface area (Å²) in [4.78, 5) is 28.1. The van der Waals surface area contributed by atoms with Gasteiger partial charge < -0.3 is 14.2 Å². The molecule has 4 rings (SSSR count). The number of morpholine rings is 1. The van der Waals surface area contributed by atoms with Crippen LogP contribution >= 0.6 is 0 Å². The molecule has 1 saturated heterocycles. The molecule has 0 bridgehead atoms. The zero-order chi connectivity index (χ0) is 25.5. The highest BCUT2D eigenvalue weighted by atomic mass is 19.4. The van der Waals surface area contributed by atoms with Gasteiger partial charge in [-0.25, -0.2) is 14.5 Å². The lowest BCUT2D eigenvalue weighted by Gasteiger charge is -2.33. The van der Waals surface area contributed by atoms with Crippen molar-refractivity contribution in [3.8, 4) is 11.4 Å². The number of esters is 2. The van der Waals surface area contributed by atoms with E-state index in [9.17, 15) is 22.8 Å². The summed E-state index contributed by atoms with van der Waals surface area (Å²) in [5.41, 5.74) is 2.79. The van der Waals surface area contributed by atoms with E-state index in [0.29, 0.717) is 32.1 Å². The first-order valence-electron chi connectivity index (χ1n) is 11.1. The third-order valence-electron chi connectivity index (χ3n) is 5.50. The first-order chi connectivity index (χ1) is 17.3. The summed E-state index contributed by atoms with van der Waals surface area (Å²) in [5, 5.41) is 4.09. The van der Waals surface area contributed by atoms with Crippen molar-refractivity contribution in [3.63, 3.8) is 0 Å². The molecule has 36 heavy (non-hydrogen) atoms. The third-order valence-corrected chi connectivity index (χ3v) is 5.50. The molecule has 1 fully saturated rings. The number of halogens is 3. The van der Waals surface area contributed by atoms with Crippen molar-refractivity contribution in [3.05, 3.63) is 72.3 Å². The van der Waals surface area contributed by atoms with Crippen molar-refractivity contribution in [1.29, 1.82) is 0 Å². The fourth-order valence-corrected chi connectivity index (χ4v) is 3.60. The molecule has 0 amide bonds. The average Bonchev–Trinajstić information content (AvgIpc) is 3.42. The molecule has 0 radical (unpaired) electrons. The fraction of sp³-hybridized carbons (Fsp3) is 0.333. The molecule has 12 heteroatoms. The lowest BCUT2D eigenvalue weighted by Crippen LogP contribution is -2.39. The zero-order valence-electron chi connectivity index (χ0n) is 19.1. The Morgan fingerprint density at radius 1 is 1.08 bits per heavy atom. The highest BCUT2D eigenvalue weighted by Gasteiger charge is 2.42. The minimum Gasteiger partial charge on any atom is -0.489 e. The Morgan fingerprint density at radius 3 is 2.50 bits per heavy atom. The van der Waals surface area contributed by atoms with Gasteiger partial charge in [0.2, 0.25) is 0 Å². The van der Waals surface area contributed by atoms with Crippen molar-refractivity contribution in [2.75, 3.05) is 26.2 Å². The maximum absolute atomic E-state index is 12.2. The van der Waals surface area contributed by atoms with Crippen molar-refractivity contribution >= 4 is 11.9 Å². The first kappa shape index (κ1) is 25.3. The smallest absolute Gasteiger partial charge is 0.489 e. The second-order valence-electron chi connectivity index (χ2n) is 8.03. The molecule has 0 saturated carbocycles. The van der Waals surface area contributed by atoms with Crippen LogP contribution < -0.4 is 4.74 Å². The average molecular weight is 504 g/mol. The number of carbonyl (C=O) groups is 2. The standard InChI is InChI=1S/C24H23F3N4O5/c25-24(26,27)23(33)36-22(32)9-10-30-11-12-34-21(13-30)18-3-7-20(8-4-18)35-14-17-1-5-19(6-2-17)31-16-28-15-29-31/h1-8,15-16,21H,9-14H2. The van der Waals surface area contributed by atoms with Crippen LogP contribution in [-0.4, -0.2) is 64.0 Å². The summed E-state index contributed by atoms with van der Waals surface area (Å²) < 4.78 is 53.8. The maximum atomic E-state index is 12.2. The first-order valence-corrected chi connectivity index (χ1v) is 11.1. The van der Waals surface area contributed by atoms with Crippen LogP contribution in [0.25, 0.3) is 5.69 Å². The summed E-state index contributed by atoms with van der Waals surface area (Å²) in [6, 6.07) is 15.2. The monoisotopic (exact) mass is 504 g/mol. The number of carbonyl (C=O) groups excluding carboxylic acids is 2. The Balaban J connectivity index is 1.24. The van der Waals surface area contributed by atoms with Crippen LogP contribution in [0.1, 0.15) is 23.7 Å². The molecule has 0 spiro atoms. The fourth-order valence-electron chi connectivity index (χ4n) is 3.60. The third kappa shape index (κ3) is 6.89. The van der Waals surface area contributed by atoms with E-state index in [0.717, 1.165) is 16.8 Å². The molecule has 1 unspecified atom stereocenters. The topological polar surface area (TPSA) is 95.8 Å². The summed E-state index contributed by atoms with van der Waals surface area (Å²) >= 11 is 0. The minimum atomic E-state index is -5.20. The van der Waals surface area contributed by atoms with Crippen LogP contribution in [0.4, 0.5) is 13.2 Å². The molecule has 1 aliphatic heterocycles. The quantitative estimate of drug-likeness (QED) is 0.341. The van der Waals surface area contributed by atoms with Crippen LogP contribution in [0.15, 0.2) is 61.2 Å². The largest absolute Gasteiger partial charge is 0.491 e. The highest BCUT2D eigenvalue weighted by Crippen LogP contribution is 2.25. The molecule has 2 aromatic carbocycles. The summed E-state index contributed by atoms with van der Waals surface area (Å²) in [6.45, 7) is 1.88. The van der Waals surface area contributed by atoms with Gasteiger partial charge >= 0.3 is 18.1 Å².